The van der Waals surface area contributed by atoms with Crippen LogP contribution in [0.25, 0.3) is 0 Å². The monoisotopic (exact) mass is 430 g/mol. The van der Waals surface area contributed by atoms with Crippen LogP contribution in [0.2, 0.25) is 0 Å². The third-order valence-electron chi connectivity index (χ3n) is 4.32. The van der Waals surface area contributed by atoms with Crippen molar-refractivity contribution in [2.24, 2.45) is 0 Å². The number of esters is 1. The first-order valence-electron chi connectivity index (χ1n) is 8.40. The van der Waals surface area contributed by atoms with Crippen LogP contribution in [-0.4, -0.2) is 43.4 Å². The Morgan fingerprint density at radius 3 is 2.00 bits per heavy atom. The van der Waals surface area contributed by atoms with Crippen molar-refractivity contribution in [3.63, 3.8) is 0 Å². The Hall–Kier alpha value is -1.79. The molecule has 0 bridgehead atoms. The molecule has 0 aromatic heterocycles. The van der Waals surface area contributed by atoms with Gasteiger partial charge in [0.2, 0.25) is 5.82 Å². The van der Waals surface area contributed by atoms with E-state index in [-0.39, 0.29) is 12.6 Å². The summed E-state index contributed by atoms with van der Waals surface area (Å²) in [5, 5.41) is 2.89. The fourth-order valence-corrected chi connectivity index (χ4v) is 3.60. The molecule has 158 valence electrons. The number of ether oxygens (including phenoxy) is 1. The molecular formula is C16H17F5NO5S-. The zero-order valence-corrected chi connectivity index (χ0v) is 15.3. The van der Waals surface area contributed by atoms with Crippen LogP contribution in [0.4, 0.5) is 22.0 Å². The molecule has 0 spiro atoms. The van der Waals surface area contributed by atoms with Crippen molar-refractivity contribution < 1.29 is 44.5 Å². The standard InChI is InChI=1S/C16H18F5NO5S/c17-11-10(12(18)14(20)15(21)13(11)19)16(23)27-9(7-28(24,25)26)6-22-8-4-2-1-3-5-8/h8-9,22H,1-7H2,(H,24,25,26)/p-1. The predicted molar refractivity (Wildman–Crippen MR) is 84.9 cm³/mol. The summed E-state index contributed by atoms with van der Waals surface area (Å²) in [7, 11) is -4.91. The third kappa shape index (κ3) is 5.61. The van der Waals surface area contributed by atoms with E-state index in [2.05, 4.69) is 10.1 Å². The first-order chi connectivity index (χ1) is 13.0. The van der Waals surface area contributed by atoms with Gasteiger partial charge in [-0.1, -0.05) is 19.3 Å². The lowest BCUT2D eigenvalue weighted by atomic mass is 9.95. The predicted octanol–water partition coefficient (Wildman–Crippen LogP) is 2.38. The molecule has 1 aromatic carbocycles. The van der Waals surface area contributed by atoms with E-state index in [0.29, 0.717) is 0 Å². The van der Waals surface area contributed by atoms with Crippen LogP contribution >= 0.6 is 0 Å². The Morgan fingerprint density at radius 2 is 1.50 bits per heavy atom. The minimum atomic E-state index is -4.91. The minimum Gasteiger partial charge on any atom is -0.748 e. The highest BCUT2D eigenvalue weighted by atomic mass is 32.2. The van der Waals surface area contributed by atoms with Gasteiger partial charge >= 0.3 is 5.97 Å². The lowest BCUT2D eigenvalue weighted by Gasteiger charge is -2.26. The van der Waals surface area contributed by atoms with Crippen molar-refractivity contribution in [2.45, 2.75) is 44.2 Å². The van der Waals surface area contributed by atoms with E-state index in [0.717, 1.165) is 32.1 Å². The van der Waals surface area contributed by atoms with Crippen LogP contribution < -0.4 is 5.32 Å². The molecule has 2 rings (SSSR count). The molecule has 12 heteroatoms. The number of nitrogens with one attached hydrogen (secondary N) is 1. The summed E-state index contributed by atoms with van der Waals surface area (Å²) in [5.41, 5.74) is -1.86. The van der Waals surface area contributed by atoms with Gasteiger partial charge in [0.1, 0.15) is 11.7 Å². The van der Waals surface area contributed by atoms with Crippen LogP contribution in [0.15, 0.2) is 0 Å². The Kier molecular flexibility index (Phi) is 7.34. The van der Waals surface area contributed by atoms with E-state index in [4.69, 9.17) is 0 Å². The molecule has 28 heavy (non-hydrogen) atoms. The topological polar surface area (TPSA) is 95.5 Å². The van der Waals surface area contributed by atoms with Crippen LogP contribution in [-0.2, 0) is 14.9 Å². The average molecular weight is 430 g/mol. The van der Waals surface area contributed by atoms with Crippen molar-refractivity contribution in [2.75, 3.05) is 12.3 Å². The summed E-state index contributed by atoms with van der Waals surface area (Å²) in [5.74, 6) is -15.2. The Labute approximate surface area is 157 Å². The van der Waals surface area contributed by atoms with Crippen molar-refractivity contribution >= 4 is 16.1 Å². The highest BCUT2D eigenvalue weighted by Crippen LogP contribution is 2.24. The molecule has 1 aromatic rings. The largest absolute Gasteiger partial charge is 0.748 e. The third-order valence-corrected chi connectivity index (χ3v) is 5.10. The molecule has 1 aliphatic carbocycles. The number of hydrogen-bond donors (Lipinski definition) is 1. The second-order valence-electron chi connectivity index (χ2n) is 6.44. The van der Waals surface area contributed by atoms with Crippen molar-refractivity contribution in [3.05, 3.63) is 34.6 Å². The summed E-state index contributed by atoms with van der Waals surface area (Å²) < 4.78 is 105. The van der Waals surface area contributed by atoms with Gasteiger partial charge in [-0.05, 0) is 12.8 Å². The second-order valence-corrected chi connectivity index (χ2v) is 7.89. The zero-order chi connectivity index (χ0) is 21.1. The number of rotatable bonds is 7. The van der Waals surface area contributed by atoms with Crippen LogP contribution in [0.5, 0.6) is 0 Å². The van der Waals surface area contributed by atoms with E-state index in [1.165, 1.54) is 0 Å². The molecule has 1 aliphatic rings. The molecule has 1 saturated carbocycles. The Balaban J connectivity index is 2.20. The SMILES string of the molecule is O=C(OC(CNC1CCCCC1)CS(=O)(=O)[O-])c1c(F)c(F)c(F)c(F)c1F. The number of hydrogen-bond acceptors (Lipinski definition) is 6. The van der Waals surface area contributed by atoms with Gasteiger partial charge in [-0.2, -0.15) is 0 Å². The summed E-state index contributed by atoms with van der Waals surface area (Å²) >= 11 is 0. The summed E-state index contributed by atoms with van der Waals surface area (Å²) in [6.45, 7) is -0.340. The summed E-state index contributed by atoms with van der Waals surface area (Å²) in [6.07, 6.45) is 2.67. The maximum absolute atomic E-state index is 13.7. The first-order valence-corrected chi connectivity index (χ1v) is 9.98. The van der Waals surface area contributed by atoms with Gasteiger partial charge in [-0.15, -0.1) is 0 Å². The van der Waals surface area contributed by atoms with Gasteiger partial charge in [-0.3, -0.25) is 0 Å². The van der Waals surface area contributed by atoms with Gasteiger partial charge < -0.3 is 14.6 Å². The number of benzene rings is 1. The summed E-state index contributed by atoms with van der Waals surface area (Å²) in [6, 6.07) is -0.0431. The van der Waals surface area contributed by atoms with Crippen LogP contribution in [0, 0.1) is 29.1 Å². The Bertz CT molecular complexity index is 813. The molecule has 0 heterocycles. The number of carbonyl (C=O) groups excluding carboxylic acids is 1. The van der Waals surface area contributed by atoms with E-state index in [1.807, 2.05) is 0 Å². The molecule has 1 atom stereocenters. The van der Waals surface area contributed by atoms with E-state index < -0.39 is 62.6 Å². The van der Waals surface area contributed by atoms with Gasteiger partial charge in [0, 0.05) is 12.6 Å². The second kappa shape index (κ2) is 9.14. The average Bonchev–Trinajstić information content (AvgIpc) is 2.62. The fourth-order valence-electron chi connectivity index (χ4n) is 2.96. The highest BCUT2D eigenvalue weighted by molar-refractivity contribution is 7.85. The molecule has 0 amide bonds. The lowest BCUT2D eigenvalue weighted by Crippen LogP contribution is -2.41. The Morgan fingerprint density at radius 1 is 1.00 bits per heavy atom. The van der Waals surface area contributed by atoms with Crippen LogP contribution in [0.3, 0.4) is 0 Å². The molecule has 0 saturated heterocycles. The van der Waals surface area contributed by atoms with E-state index in [1.54, 1.807) is 0 Å². The molecule has 6 nitrogen and oxygen atoms in total. The minimum absolute atomic E-state index is 0.0431. The van der Waals surface area contributed by atoms with E-state index in [9.17, 15) is 39.7 Å². The molecular weight excluding hydrogens is 413 g/mol. The quantitative estimate of drug-likeness (QED) is 0.235. The molecule has 1 N–H and O–H groups in total. The van der Waals surface area contributed by atoms with Crippen molar-refractivity contribution in [1.29, 1.82) is 0 Å². The highest BCUT2D eigenvalue weighted by Gasteiger charge is 2.32. The van der Waals surface area contributed by atoms with E-state index >= 15 is 0 Å². The van der Waals surface area contributed by atoms with Crippen molar-refractivity contribution in [1.82, 2.24) is 5.32 Å². The van der Waals surface area contributed by atoms with Gasteiger partial charge in [0.05, 0.1) is 15.9 Å². The molecule has 1 fully saturated rings. The smallest absolute Gasteiger partial charge is 0.344 e. The molecule has 0 radical (unpaired) electrons. The maximum Gasteiger partial charge on any atom is 0.344 e. The fraction of sp³-hybridized carbons (Fsp3) is 0.562. The van der Waals surface area contributed by atoms with Gasteiger partial charge in [-0.25, -0.2) is 35.2 Å². The summed E-state index contributed by atoms with van der Waals surface area (Å²) in [4.78, 5) is 12.0. The van der Waals surface area contributed by atoms with Crippen molar-refractivity contribution in [3.8, 4) is 0 Å². The van der Waals surface area contributed by atoms with Gasteiger partial charge in [0.15, 0.2) is 23.3 Å². The number of halogens is 5. The maximum atomic E-state index is 13.7. The lowest BCUT2D eigenvalue weighted by molar-refractivity contribution is 0.0324. The van der Waals surface area contributed by atoms with Crippen LogP contribution in [0.1, 0.15) is 42.5 Å². The molecule has 0 aliphatic heterocycles. The molecule has 1 unspecified atom stereocenters. The first kappa shape index (κ1) is 22.5. The zero-order valence-electron chi connectivity index (χ0n) is 14.4. The number of carbonyl (C=O) groups is 1. The normalized spacial score (nSPS) is 16.8. The van der Waals surface area contributed by atoms with Gasteiger partial charge in [0.25, 0.3) is 0 Å².